The van der Waals surface area contributed by atoms with Gasteiger partial charge in [-0.3, -0.25) is 4.79 Å². The van der Waals surface area contributed by atoms with Crippen LogP contribution < -0.4 is 10.3 Å². The first-order chi connectivity index (χ1) is 12.3. The van der Waals surface area contributed by atoms with Crippen LogP contribution >= 0.6 is 0 Å². The van der Waals surface area contributed by atoms with Crippen molar-refractivity contribution in [2.24, 2.45) is 0 Å². The lowest BCUT2D eigenvalue weighted by Crippen LogP contribution is -2.30. The Morgan fingerprint density at radius 2 is 2.12 bits per heavy atom. The number of benzene rings is 1. The number of pyridine rings is 1. The minimum Gasteiger partial charge on any atom is -0.497 e. The third-order valence-corrected chi connectivity index (χ3v) is 4.81. The van der Waals surface area contributed by atoms with E-state index in [1.54, 1.807) is 19.4 Å². The fraction of sp³-hybridized carbons (Fsp3) is 0.250. The molecule has 25 heavy (non-hydrogen) atoms. The number of methoxy groups -OCH3 is 1. The molecule has 0 saturated heterocycles. The minimum absolute atomic E-state index is 0.0553. The zero-order chi connectivity index (χ0) is 17.2. The summed E-state index contributed by atoms with van der Waals surface area (Å²) in [5.41, 5.74) is 3.09. The van der Waals surface area contributed by atoms with E-state index in [-0.39, 0.29) is 5.56 Å². The summed E-state index contributed by atoms with van der Waals surface area (Å²) in [5.74, 6) is 1.81. The van der Waals surface area contributed by atoms with Crippen molar-refractivity contribution < 1.29 is 4.74 Å². The number of rotatable bonds is 3. The molecule has 0 aliphatic heterocycles. The average molecular weight is 333 g/mol. The summed E-state index contributed by atoms with van der Waals surface area (Å²) >= 11 is 0. The topological polar surface area (TPSA) is 57.0 Å². The molecule has 1 aromatic carbocycles. The fourth-order valence-corrected chi connectivity index (χ4v) is 3.47. The predicted molar refractivity (Wildman–Crippen MR) is 95.4 cm³/mol. The van der Waals surface area contributed by atoms with E-state index in [1.165, 1.54) is 10.2 Å². The van der Waals surface area contributed by atoms with E-state index in [9.17, 15) is 4.79 Å². The maximum absolute atomic E-state index is 12.8. The number of nitrogens with zero attached hydrogens (tertiary/aromatic N) is 3. The molecule has 1 aliphatic rings. The molecule has 0 spiro atoms. The summed E-state index contributed by atoms with van der Waals surface area (Å²) in [6.07, 6.45) is 6.01. The Balaban J connectivity index is 1.67. The van der Waals surface area contributed by atoms with Crippen LogP contribution in [0.15, 0.2) is 59.7 Å². The van der Waals surface area contributed by atoms with Gasteiger partial charge in [-0.15, -0.1) is 0 Å². The second-order valence-corrected chi connectivity index (χ2v) is 6.27. The number of hydrogen-bond acceptors (Lipinski definition) is 4. The minimum atomic E-state index is -0.0553. The number of hydrogen-bond donors (Lipinski definition) is 0. The maximum atomic E-state index is 12.8. The van der Waals surface area contributed by atoms with Crippen LogP contribution in [-0.4, -0.2) is 21.9 Å². The largest absolute Gasteiger partial charge is 0.497 e. The Morgan fingerprint density at radius 1 is 1.20 bits per heavy atom. The molecule has 1 atom stereocenters. The third-order valence-electron chi connectivity index (χ3n) is 4.81. The standard InChI is InChI=1S/C20H19N3O2/c1-25-17-6-4-5-14(12-17)15-8-9-18-16(11-15)13-22-23(20(18)24)19-7-2-3-10-21-19/h2-7,10,12-13,15H,8-9,11H2,1H3. The zero-order valence-corrected chi connectivity index (χ0v) is 14.1. The number of ether oxygens (including phenoxy) is 1. The van der Waals surface area contributed by atoms with E-state index in [4.69, 9.17) is 4.74 Å². The van der Waals surface area contributed by atoms with Gasteiger partial charge in [0.1, 0.15) is 5.75 Å². The lowest BCUT2D eigenvalue weighted by atomic mass is 9.81. The number of aromatic nitrogens is 3. The van der Waals surface area contributed by atoms with Crippen molar-refractivity contribution in [3.8, 4) is 11.6 Å². The first kappa shape index (κ1) is 15.6. The van der Waals surface area contributed by atoms with Gasteiger partial charge in [0.15, 0.2) is 5.82 Å². The van der Waals surface area contributed by atoms with Crippen LogP contribution in [0.5, 0.6) is 5.75 Å². The van der Waals surface area contributed by atoms with Crippen molar-refractivity contribution in [3.63, 3.8) is 0 Å². The van der Waals surface area contributed by atoms with Crippen molar-refractivity contribution in [1.29, 1.82) is 0 Å². The van der Waals surface area contributed by atoms with Crippen molar-refractivity contribution in [2.75, 3.05) is 7.11 Å². The average Bonchev–Trinajstić information content (AvgIpc) is 2.69. The van der Waals surface area contributed by atoms with Gasteiger partial charge in [0, 0.05) is 11.8 Å². The molecule has 0 bridgehead atoms. The van der Waals surface area contributed by atoms with Crippen LogP contribution in [0.3, 0.4) is 0 Å². The Kier molecular flexibility index (Phi) is 4.06. The third kappa shape index (κ3) is 2.93. The number of fused-ring (bicyclic) bond motifs is 1. The van der Waals surface area contributed by atoms with Gasteiger partial charge in [-0.25, -0.2) is 4.98 Å². The highest BCUT2D eigenvalue weighted by molar-refractivity contribution is 5.36. The smallest absolute Gasteiger partial charge is 0.276 e. The van der Waals surface area contributed by atoms with Crippen LogP contribution in [0, 0.1) is 0 Å². The van der Waals surface area contributed by atoms with Crippen LogP contribution in [0.2, 0.25) is 0 Å². The van der Waals surface area contributed by atoms with E-state index < -0.39 is 0 Å². The molecular weight excluding hydrogens is 314 g/mol. The molecule has 3 aromatic rings. The molecule has 0 N–H and O–H groups in total. The van der Waals surface area contributed by atoms with Crippen molar-refractivity contribution in [2.45, 2.75) is 25.2 Å². The van der Waals surface area contributed by atoms with Crippen LogP contribution in [0.25, 0.3) is 5.82 Å². The van der Waals surface area contributed by atoms with E-state index in [0.29, 0.717) is 11.7 Å². The van der Waals surface area contributed by atoms with Crippen LogP contribution in [-0.2, 0) is 12.8 Å². The van der Waals surface area contributed by atoms with Gasteiger partial charge in [-0.05, 0) is 60.6 Å². The molecule has 4 rings (SSSR count). The summed E-state index contributed by atoms with van der Waals surface area (Å²) in [7, 11) is 1.68. The Labute approximate surface area is 145 Å². The molecule has 0 saturated carbocycles. The van der Waals surface area contributed by atoms with Gasteiger partial charge >= 0.3 is 0 Å². The highest BCUT2D eigenvalue weighted by Crippen LogP contribution is 2.32. The highest BCUT2D eigenvalue weighted by Gasteiger charge is 2.24. The van der Waals surface area contributed by atoms with Gasteiger partial charge < -0.3 is 4.74 Å². The predicted octanol–water partition coefficient (Wildman–Crippen LogP) is 2.91. The molecule has 5 heteroatoms. The molecule has 0 radical (unpaired) electrons. The van der Waals surface area contributed by atoms with E-state index in [0.717, 1.165) is 36.1 Å². The zero-order valence-electron chi connectivity index (χ0n) is 14.1. The quantitative estimate of drug-likeness (QED) is 0.739. The molecular formula is C20H19N3O2. The lowest BCUT2D eigenvalue weighted by molar-refractivity contribution is 0.413. The molecule has 2 aromatic heterocycles. The molecule has 1 aliphatic carbocycles. The maximum Gasteiger partial charge on any atom is 0.276 e. The lowest BCUT2D eigenvalue weighted by Gasteiger charge is -2.24. The first-order valence-corrected chi connectivity index (χ1v) is 8.41. The van der Waals surface area contributed by atoms with Gasteiger partial charge in [0.2, 0.25) is 0 Å². The summed E-state index contributed by atoms with van der Waals surface area (Å²) < 4.78 is 6.72. The molecule has 1 unspecified atom stereocenters. The molecule has 0 amide bonds. The fourth-order valence-electron chi connectivity index (χ4n) is 3.47. The van der Waals surface area contributed by atoms with Gasteiger partial charge in [0.25, 0.3) is 5.56 Å². The first-order valence-electron chi connectivity index (χ1n) is 8.41. The summed E-state index contributed by atoms with van der Waals surface area (Å²) in [6.45, 7) is 0. The Bertz CT molecular complexity index is 951. The van der Waals surface area contributed by atoms with E-state index >= 15 is 0 Å². The van der Waals surface area contributed by atoms with E-state index in [2.05, 4.69) is 22.2 Å². The Hall–Kier alpha value is -2.95. The van der Waals surface area contributed by atoms with Crippen molar-refractivity contribution in [1.82, 2.24) is 14.8 Å². The molecule has 126 valence electrons. The van der Waals surface area contributed by atoms with Crippen LogP contribution in [0.1, 0.15) is 29.0 Å². The second-order valence-electron chi connectivity index (χ2n) is 6.27. The van der Waals surface area contributed by atoms with Gasteiger partial charge in [-0.2, -0.15) is 9.78 Å². The molecule has 0 fully saturated rings. The SMILES string of the molecule is COc1cccc(C2CCc3c(cnn(-c4ccccn4)c3=O)C2)c1. The monoisotopic (exact) mass is 333 g/mol. The second kappa shape index (κ2) is 6.51. The summed E-state index contributed by atoms with van der Waals surface area (Å²) in [4.78, 5) is 17.0. The van der Waals surface area contributed by atoms with Crippen molar-refractivity contribution >= 4 is 0 Å². The normalized spacial score (nSPS) is 16.3. The van der Waals surface area contributed by atoms with Gasteiger partial charge in [-0.1, -0.05) is 18.2 Å². The Morgan fingerprint density at radius 3 is 2.92 bits per heavy atom. The van der Waals surface area contributed by atoms with Crippen molar-refractivity contribution in [3.05, 3.63) is 81.9 Å². The molecule has 2 heterocycles. The van der Waals surface area contributed by atoms with E-state index in [1.807, 2.05) is 30.5 Å². The molecule has 5 nitrogen and oxygen atoms in total. The highest BCUT2D eigenvalue weighted by atomic mass is 16.5. The van der Waals surface area contributed by atoms with Gasteiger partial charge in [0.05, 0.1) is 13.3 Å². The summed E-state index contributed by atoms with van der Waals surface area (Å²) in [5, 5.41) is 4.34. The summed E-state index contributed by atoms with van der Waals surface area (Å²) in [6, 6.07) is 13.6. The van der Waals surface area contributed by atoms with Crippen LogP contribution in [0.4, 0.5) is 0 Å².